The minimum absolute atomic E-state index is 0.0207. The normalized spacial score (nSPS) is 21.0. The Balaban J connectivity index is 0.000000555. The fraction of sp³-hybridized carbons (Fsp3) is 0.474. The molecule has 0 saturated carbocycles. The van der Waals surface area contributed by atoms with Gasteiger partial charge in [0.15, 0.2) is 11.6 Å². The van der Waals surface area contributed by atoms with Gasteiger partial charge in [-0.05, 0) is 5.92 Å². The zero-order valence-electron chi connectivity index (χ0n) is 17.8. The number of hydrogen-bond acceptors (Lipinski definition) is 8. The van der Waals surface area contributed by atoms with Crippen LogP contribution in [0.3, 0.4) is 0 Å². The Hall–Kier alpha value is -2.81. The van der Waals surface area contributed by atoms with Gasteiger partial charge in [-0.3, -0.25) is 9.35 Å². The number of carboxylic acids is 1. The molecule has 14 heteroatoms. The third kappa shape index (κ3) is 4.78. The number of halogens is 2. The van der Waals surface area contributed by atoms with Gasteiger partial charge in [0, 0.05) is 25.3 Å². The second kappa shape index (κ2) is 8.85. The van der Waals surface area contributed by atoms with Crippen molar-refractivity contribution < 1.29 is 36.4 Å². The van der Waals surface area contributed by atoms with Gasteiger partial charge in [0.1, 0.15) is 11.3 Å². The Morgan fingerprint density at radius 3 is 2.24 bits per heavy atom. The largest absolute Gasteiger partial charge is 0.477 e. The number of nitrogens with zero attached hydrogens (tertiary/aromatic N) is 2. The average molecular weight is 490 g/mol. The first-order valence-corrected chi connectivity index (χ1v) is 11.7. The van der Waals surface area contributed by atoms with Crippen molar-refractivity contribution in [1.82, 2.24) is 4.57 Å². The van der Waals surface area contributed by atoms with Crippen LogP contribution in [0.4, 0.5) is 20.2 Å². The van der Waals surface area contributed by atoms with Gasteiger partial charge in [0.25, 0.3) is 10.1 Å². The summed E-state index contributed by atoms with van der Waals surface area (Å²) in [6.07, 6.45) is 1.79. The Morgan fingerprint density at radius 2 is 1.82 bits per heavy atom. The number of nitrogens with two attached hydrogens (primary N) is 2. The van der Waals surface area contributed by atoms with Gasteiger partial charge < -0.3 is 30.8 Å². The summed E-state index contributed by atoms with van der Waals surface area (Å²) in [5.41, 5.74) is 9.12. The van der Waals surface area contributed by atoms with Crippen LogP contribution in [0.1, 0.15) is 23.3 Å². The van der Waals surface area contributed by atoms with E-state index in [0.29, 0.717) is 12.8 Å². The van der Waals surface area contributed by atoms with Crippen LogP contribution < -0.4 is 21.8 Å². The molecule has 1 aromatic heterocycles. The molecule has 6 N–H and O–H groups in total. The summed E-state index contributed by atoms with van der Waals surface area (Å²) in [4.78, 5) is 25.6. The Morgan fingerprint density at radius 1 is 1.24 bits per heavy atom. The summed E-state index contributed by atoms with van der Waals surface area (Å²) >= 11 is 0. The Labute approximate surface area is 187 Å². The highest BCUT2D eigenvalue weighted by Gasteiger charge is 2.35. The van der Waals surface area contributed by atoms with Crippen molar-refractivity contribution in [1.29, 1.82) is 0 Å². The first-order valence-electron chi connectivity index (χ1n) is 9.81. The van der Waals surface area contributed by atoms with Crippen LogP contribution in [0, 0.1) is 17.6 Å². The summed E-state index contributed by atoms with van der Waals surface area (Å²) in [5, 5.41) is 8.87. The Bertz CT molecular complexity index is 1260. The van der Waals surface area contributed by atoms with E-state index in [2.05, 4.69) is 0 Å². The molecule has 0 radical (unpaired) electrons. The zero-order valence-corrected chi connectivity index (χ0v) is 18.6. The van der Waals surface area contributed by atoms with Gasteiger partial charge in [0.2, 0.25) is 5.43 Å². The quantitative estimate of drug-likeness (QED) is 0.348. The Kier molecular flexibility index (Phi) is 6.66. The first kappa shape index (κ1) is 24.8. The number of carboxylic acid groups (broad SMARTS) is 1. The lowest BCUT2D eigenvalue weighted by atomic mass is 10.0. The second-order valence-electron chi connectivity index (χ2n) is 8.17. The predicted octanol–water partition coefficient (Wildman–Crippen LogP) is 0.419. The molecule has 2 saturated heterocycles. The number of benzene rings is 1. The molecule has 2 fully saturated rings. The van der Waals surface area contributed by atoms with Crippen molar-refractivity contribution in [2.24, 2.45) is 11.7 Å². The maximum absolute atomic E-state index is 15.6. The maximum atomic E-state index is 15.6. The number of rotatable bonds is 3. The molecule has 0 bridgehead atoms. The van der Waals surface area contributed by atoms with Crippen LogP contribution in [0.2, 0.25) is 0 Å². The van der Waals surface area contributed by atoms with Crippen molar-refractivity contribution in [2.45, 2.75) is 19.0 Å². The van der Waals surface area contributed by atoms with Gasteiger partial charge in [-0.2, -0.15) is 8.42 Å². The average Bonchev–Trinajstić information content (AvgIpc) is 2.96. The van der Waals surface area contributed by atoms with Crippen LogP contribution in [0.5, 0.6) is 0 Å². The lowest BCUT2D eigenvalue weighted by Crippen LogP contribution is -2.34. The van der Waals surface area contributed by atoms with E-state index in [1.807, 2.05) is 6.92 Å². The zero-order chi connectivity index (χ0) is 24.8. The lowest BCUT2D eigenvalue weighted by molar-refractivity contribution is -0.0219. The number of carbonyl (C=O) groups is 1. The molecule has 182 valence electrons. The molecule has 3 heterocycles. The van der Waals surface area contributed by atoms with Gasteiger partial charge in [-0.1, -0.05) is 6.92 Å². The molecule has 0 unspecified atom stereocenters. The standard InChI is InChI=1S/C18H20F2N4O4.CH4O3S/c1-7-2-23(4-10(7)21)16-12(19)14(22)11-15(13(16)20)24(8-5-28-6-8)3-9(17(11)25)18(26)27;1-5(2,3)4/h3,7-8,10H,2,4-6,21-22H2,1H3,(H,26,27);1H3,(H,2,3,4)/t7-,10-;/m0./s1. The summed E-state index contributed by atoms with van der Waals surface area (Å²) in [7, 11) is -3.67. The molecule has 4 rings (SSSR count). The maximum Gasteiger partial charge on any atom is 0.341 e. The van der Waals surface area contributed by atoms with Crippen molar-refractivity contribution in [3.63, 3.8) is 0 Å². The van der Waals surface area contributed by atoms with E-state index in [0.717, 1.165) is 6.20 Å². The lowest BCUT2D eigenvalue weighted by Gasteiger charge is -2.31. The molecular formula is C19H24F2N4O7S. The van der Waals surface area contributed by atoms with Gasteiger partial charge in [-0.25, -0.2) is 13.6 Å². The molecule has 0 aliphatic carbocycles. The highest BCUT2D eigenvalue weighted by Crippen LogP contribution is 2.38. The number of aromatic carboxylic acids is 1. The third-order valence-corrected chi connectivity index (χ3v) is 5.60. The molecule has 2 aromatic rings. The van der Waals surface area contributed by atoms with Crippen molar-refractivity contribution in [2.75, 3.05) is 43.2 Å². The van der Waals surface area contributed by atoms with Crippen LogP contribution in [0.15, 0.2) is 11.0 Å². The monoisotopic (exact) mass is 490 g/mol. The SMILES string of the molecule is CS(=O)(=O)O.C[C@H]1CN(c2c(F)c(N)c3c(=O)c(C(=O)O)cn(C4COC4)c3c2F)C[C@@H]1N. The predicted molar refractivity (Wildman–Crippen MR) is 116 cm³/mol. The van der Waals surface area contributed by atoms with E-state index in [4.69, 9.17) is 20.8 Å². The van der Waals surface area contributed by atoms with Gasteiger partial charge in [-0.15, -0.1) is 0 Å². The molecule has 33 heavy (non-hydrogen) atoms. The van der Waals surface area contributed by atoms with Gasteiger partial charge >= 0.3 is 5.97 Å². The molecule has 0 amide bonds. The number of anilines is 2. The van der Waals surface area contributed by atoms with Crippen LogP contribution in [-0.2, 0) is 14.9 Å². The molecule has 2 atom stereocenters. The summed E-state index contributed by atoms with van der Waals surface area (Å²) in [6, 6.07) is -0.638. The number of hydrogen-bond donors (Lipinski definition) is 4. The first-order chi connectivity index (χ1) is 15.2. The molecule has 11 nitrogen and oxygen atoms in total. The number of nitrogen functional groups attached to an aromatic ring is 1. The summed E-state index contributed by atoms with van der Waals surface area (Å²) in [6.45, 7) is 2.89. The highest BCUT2D eigenvalue weighted by atomic mass is 32.2. The number of aromatic nitrogens is 1. The van der Waals surface area contributed by atoms with Gasteiger partial charge in [0.05, 0.1) is 42.1 Å². The summed E-state index contributed by atoms with van der Waals surface area (Å²) in [5.74, 6) is -3.51. The molecule has 2 aliphatic heterocycles. The van der Waals surface area contributed by atoms with Crippen molar-refractivity contribution in [3.05, 3.63) is 33.6 Å². The van der Waals surface area contributed by atoms with E-state index < -0.39 is 49.8 Å². The van der Waals surface area contributed by atoms with Crippen LogP contribution in [0.25, 0.3) is 10.9 Å². The molecule has 2 aliphatic rings. The highest BCUT2D eigenvalue weighted by molar-refractivity contribution is 7.85. The van der Waals surface area contributed by atoms with E-state index in [1.54, 1.807) is 0 Å². The number of ether oxygens (including phenoxy) is 1. The van der Waals surface area contributed by atoms with Crippen molar-refractivity contribution in [3.8, 4) is 0 Å². The second-order valence-corrected chi connectivity index (χ2v) is 9.63. The van der Waals surface area contributed by atoms with Crippen molar-refractivity contribution >= 4 is 38.4 Å². The van der Waals surface area contributed by atoms with E-state index in [1.165, 1.54) is 9.47 Å². The minimum atomic E-state index is -3.67. The fourth-order valence-electron chi connectivity index (χ4n) is 3.83. The van der Waals surface area contributed by atoms with Crippen LogP contribution >= 0.6 is 0 Å². The minimum Gasteiger partial charge on any atom is -0.477 e. The fourth-order valence-corrected chi connectivity index (χ4v) is 3.83. The molecular weight excluding hydrogens is 466 g/mol. The van der Waals surface area contributed by atoms with Crippen LogP contribution in [-0.4, -0.2) is 67.2 Å². The van der Waals surface area contributed by atoms with E-state index >= 15 is 8.78 Å². The molecule has 1 aromatic carbocycles. The third-order valence-electron chi connectivity index (χ3n) is 5.60. The summed E-state index contributed by atoms with van der Waals surface area (Å²) < 4.78 is 63.0. The van der Waals surface area contributed by atoms with E-state index in [-0.39, 0.29) is 49.0 Å². The van der Waals surface area contributed by atoms with E-state index in [9.17, 15) is 23.1 Å². The topological polar surface area (TPSA) is 178 Å². The number of pyridine rings is 1. The number of fused-ring (bicyclic) bond motifs is 1. The molecule has 0 spiro atoms. The smallest absolute Gasteiger partial charge is 0.341 e.